The summed E-state index contributed by atoms with van der Waals surface area (Å²) < 4.78 is 13.3. The molecule has 1 unspecified atom stereocenters. The average molecular weight is 294 g/mol. The van der Waals surface area contributed by atoms with Gasteiger partial charge in [0, 0.05) is 6.42 Å². The summed E-state index contributed by atoms with van der Waals surface area (Å²) >= 11 is 0. The van der Waals surface area contributed by atoms with Crippen molar-refractivity contribution in [2.24, 2.45) is 10.9 Å². The van der Waals surface area contributed by atoms with Gasteiger partial charge in [0.05, 0.1) is 11.8 Å². The average Bonchev–Trinajstić information content (AvgIpc) is 2.46. The fourth-order valence-corrected chi connectivity index (χ4v) is 2.94. The Morgan fingerprint density at radius 2 is 2.05 bits per heavy atom. The molecule has 0 saturated heterocycles. The van der Waals surface area contributed by atoms with Crippen molar-refractivity contribution in [1.29, 1.82) is 0 Å². The first kappa shape index (κ1) is 15.9. The first-order valence-electron chi connectivity index (χ1n) is 7.51. The number of aliphatic hydroxyl groups excluding tert-OH is 1. The molecule has 1 saturated carbocycles. The second-order valence-corrected chi connectivity index (χ2v) is 5.83. The van der Waals surface area contributed by atoms with E-state index in [0.717, 1.165) is 31.2 Å². The van der Waals surface area contributed by atoms with Crippen LogP contribution in [0.15, 0.2) is 23.2 Å². The molecule has 4 nitrogen and oxygen atoms in total. The Bertz CT molecular complexity index is 479. The van der Waals surface area contributed by atoms with E-state index in [-0.39, 0.29) is 24.0 Å². The minimum absolute atomic E-state index is 0.247. The van der Waals surface area contributed by atoms with Crippen LogP contribution in [-0.4, -0.2) is 22.3 Å². The first-order valence-corrected chi connectivity index (χ1v) is 7.51. The van der Waals surface area contributed by atoms with Crippen LogP contribution in [0.3, 0.4) is 0 Å². The Labute approximate surface area is 124 Å². The molecule has 1 aromatic carbocycles. The predicted molar refractivity (Wildman–Crippen MR) is 80.4 cm³/mol. The number of hydrogen-bond donors (Lipinski definition) is 3. The van der Waals surface area contributed by atoms with Gasteiger partial charge in [0.25, 0.3) is 0 Å². The smallest absolute Gasteiger partial charge is 0.128 e. The van der Waals surface area contributed by atoms with E-state index in [1.807, 2.05) is 5.48 Å². The van der Waals surface area contributed by atoms with Gasteiger partial charge in [-0.3, -0.25) is 10.7 Å². The molecule has 0 spiro atoms. The molecular formula is C16H23FN2O2. The molecule has 5 heteroatoms. The summed E-state index contributed by atoms with van der Waals surface area (Å²) in [6.45, 7) is 1.78. The van der Waals surface area contributed by atoms with Gasteiger partial charge in [-0.2, -0.15) is 0 Å². The van der Waals surface area contributed by atoms with Crippen LogP contribution in [-0.2, 0) is 0 Å². The van der Waals surface area contributed by atoms with Crippen molar-refractivity contribution in [2.75, 3.05) is 0 Å². The Balaban J connectivity index is 2.05. The molecule has 0 bridgehead atoms. The third kappa shape index (κ3) is 4.79. The van der Waals surface area contributed by atoms with E-state index in [9.17, 15) is 14.7 Å². The van der Waals surface area contributed by atoms with Crippen molar-refractivity contribution < 1.29 is 14.7 Å². The zero-order chi connectivity index (χ0) is 15.2. The number of halogens is 1. The van der Waals surface area contributed by atoms with Crippen LogP contribution in [0.25, 0.3) is 0 Å². The fourth-order valence-electron chi connectivity index (χ4n) is 2.94. The summed E-state index contributed by atoms with van der Waals surface area (Å²) in [5.41, 5.74) is 3.22. The van der Waals surface area contributed by atoms with Crippen LogP contribution in [0, 0.1) is 18.7 Å². The number of aliphatic imine (C=N–C) groups is 1. The number of amidine groups is 1. The van der Waals surface area contributed by atoms with Gasteiger partial charge in [-0.15, -0.1) is 0 Å². The van der Waals surface area contributed by atoms with E-state index in [1.165, 1.54) is 18.6 Å². The topological polar surface area (TPSA) is 64.9 Å². The lowest BCUT2D eigenvalue weighted by molar-refractivity contribution is 0.0875. The van der Waals surface area contributed by atoms with Gasteiger partial charge in [0.2, 0.25) is 0 Å². The molecule has 1 aliphatic rings. The lowest BCUT2D eigenvalue weighted by atomic mass is 9.84. The van der Waals surface area contributed by atoms with Crippen molar-refractivity contribution in [3.63, 3.8) is 0 Å². The van der Waals surface area contributed by atoms with Gasteiger partial charge >= 0.3 is 0 Å². The first-order chi connectivity index (χ1) is 10.1. The van der Waals surface area contributed by atoms with E-state index in [1.54, 1.807) is 13.0 Å². The Hall–Kier alpha value is -1.46. The van der Waals surface area contributed by atoms with Gasteiger partial charge in [0.1, 0.15) is 11.7 Å². The molecular weight excluding hydrogens is 271 g/mol. The highest BCUT2D eigenvalue weighted by atomic mass is 19.1. The largest absolute Gasteiger partial charge is 0.392 e. The van der Waals surface area contributed by atoms with Crippen LogP contribution >= 0.6 is 0 Å². The Kier molecular flexibility index (Phi) is 5.70. The third-order valence-electron chi connectivity index (χ3n) is 4.02. The quantitative estimate of drug-likeness (QED) is 0.452. The van der Waals surface area contributed by atoms with Gasteiger partial charge in [0.15, 0.2) is 0 Å². The molecule has 0 radical (unpaired) electrons. The summed E-state index contributed by atoms with van der Waals surface area (Å²) in [5.74, 6) is 0.156. The molecule has 0 aromatic heterocycles. The van der Waals surface area contributed by atoms with E-state index in [4.69, 9.17) is 0 Å². The molecule has 1 fully saturated rings. The monoisotopic (exact) mass is 294 g/mol. The summed E-state index contributed by atoms with van der Waals surface area (Å²) in [6.07, 6.45) is 5.26. The van der Waals surface area contributed by atoms with E-state index in [2.05, 4.69) is 4.99 Å². The van der Waals surface area contributed by atoms with Crippen molar-refractivity contribution in [3.8, 4) is 0 Å². The number of hydroxylamine groups is 1. The second kappa shape index (κ2) is 7.52. The minimum Gasteiger partial charge on any atom is -0.392 e. The van der Waals surface area contributed by atoms with Gasteiger partial charge < -0.3 is 5.11 Å². The number of benzene rings is 1. The zero-order valence-electron chi connectivity index (χ0n) is 12.3. The van der Waals surface area contributed by atoms with Crippen LogP contribution in [0.1, 0.15) is 44.1 Å². The molecule has 116 valence electrons. The number of rotatable bonds is 4. The summed E-state index contributed by atoms with van der Waals surface area (Å²) in [4.78, 5) is 4.19. The number of nitrogens with zero attached hydrogens (tertiary/aromatic N) is 1. The number of hydrogen-bond acceptors (Lipinski definition) is 3. The number of aliphatic hydroxyl groups is 1. The molecule has 21 heavy (non-hydrogen) atoms. The molecule has 0 heterocycles. The van der Waals surface area contributed by atoms with E-state index < -0.39 is 6.10 Å². The maximum absolute atomic E-state index is 13.3. The summed E-state index contributed by atoms with van der Waals surface area (Å²) in [6, 6.07) is 4.45. The normalized spacial score (nSPS) is 18.6. The summed E-state index contributed by atoms with van der Waals surface area (Å²) in [7, 11) is 0. The van der Waals surface area contributed by atoms with Crippen LogP contribution < -0.4 is 5.48 Å². The third-order valence-corrected chi connectivity index (χ3v) is 4.02. The van der Waals surface area contributed by atoms with Crippen molar-refractivity contribution in [3.05, 3.63) is 29.6 Å². The van der Waals surface area contributed by atoms with Gasteiger partial charge in [-0.05, 0) is 49.4 Å². The highest BCUT2D eigenvalue weighted by Crippen LogP contribution is 2.28. The summed E-state index contributed by atoms with van der Waals surface area (Å²) in [5, 5.41) is 19.4. The van der Waals surface area contributed by atoms with Gasteiger partial charge in [-0.25, -0.2) is 9.38 Å². The highest BCUT2D eigenvalue weighted by Gasteiger charge is 2.23. The number of nitrogens with one attached hydrogen (secondary N) is 1. The zero-order valence-corrected chi connectivity index (χ0v) is 12.3. The maximum Gasteiger partial charge on any atom is 0.128 e. The van der Waals surface area contributed by atoms with Crippen molar-refractivity contribution in [2.45, 2.75) is 51.6 Å². The molecule has 1 atom stereocenters. The highest BCUT2D eigenvalue weighted by molar-refractivity contribution is 5.84. The molecule has 3 N–H and O–H groups in total. The second-order valence-electron chi connectivity index (χ2n) is 5.83. The molecule has 1 aliphatic carbocycles. The number of aryl methyl sites for hydroxylation is 1. The van der Waals surface area contributed by atoms with Gasteiger partial charge in [-0.1, -0.05) is 19.3 Å². The molecule has 2 rings (SSSR count). The molecule has 1 aromatic rings. The minimum atomic E-state index is -0.529. The van der Waals surface area contributed by atoms with Crippen LogP contribution in [0.5, 0.6) is 0 Å². The molecule has 0 aliphatic heterocycles. The Morgan fingerprint density at radius 3 is 2.67 bits per heavy atom. The van der Waals surface area contributed by atoms with Crippen molar-refractivity contribution >= 4 is 11.5 Å². The fraction of sp³-hybridized carbons (Fsp3) is 0.562. The molecule has 0 amide bonds. The SMILES string of the molecule is Cc1cc(F)cc(N=C(CC(O)C2CCCCC2)NO)c1. The lowest BCUT2D eigenvalue weighted by Gasteiger charge is -2.26. The van der Waals surface area contributed by atoms with Crippen molar-refractivity contribution in [1.82, 2.24) is 5.48 Å². The lowest BCUT2D eigenvalue weighted by Crippen LogP contribution is -2.30. The maximum atomic E-state index is 13.3. The van der Waals surface area contributed by atoms with E-state index >= 15 is 0 Å². The van der Waals surface area contributed by atoms with Crippen LogP contribution in [0.2, 0.25) is 0 Å². The Morgan fingerprint density at radius 1 is 1.33 bits per heavy atom. The van der Waals surface area contributed by atoms with E-state index in [0.29, 0.717) is 5.69 Å². The standard InChI is InChI=1S/C16H23FN2O2/c1-11-7-13(17)9-14(8-11)18-16(19-21)10-15(20)12-5-3-2-4-6-12/h7-9,12,15,20-21H,2-6,10H2,1H3,(H,18,19). The predicted octanol–water partition coefficient (Wildman–Crippen LogP) is 3.47. The van der Waals surface area contributed by atoms with Crippen LogP contribution in [0.4, 0.5) is 10.1 Å².